The van der Waals surface area contributed by atoms with Gasteiger partial charge in [-0.15, -0.1) is 17.9 Å². The van der Waals surface area contributed by atoms with Crippen LogP contribution >= 0.6 is 11.3 Å². The number of amides is 1. The average molecular weight is 865 g/mol. The molecule has 4 rings (SSSR count). The normalized spacial score (nSPS) is 17.7. The van der Waals surface area contributed by atoms with Crippen LogP contribution in [0, 0.1) is 25.2 Å². The Labute approximate surface area is 300 Å². The summed E-state index contributed by atoms with van der Waals surface area (Å²) in [5, 5.41) is 7.97. The SMILES string of the molecule is CON.[CH2-]COCC[N-]COc1cc(-c2scnc2C)ccc1CNC1CCCN1C(=O)C(C(C)(C)C)C1(F)CC1.[W].[Y]. The number of nitrogens with zero attached hydrogens (tertiary/aromatic N) is 3. The molecular formula is C30H46FN5O4SWY-2. The molecular weight excluding hydrogens is 818 g/mol. The van der Waals surface area contributed by atoms with Gasteiger partial charge in [-0.05, 0) is 49.7 Å². The molecule has 0 bridgehead atoms. The number of likely N-dealkylation sites (tertiary alicyclic amines) is 1. The maximum absolute atomic E-state index is 15.3. The summed E-state index contributed by atoms with van der Waals surface area (Å²) in [4.78, 5) is 24.7. The van der Waals surface area contributed by atoms with Crippen molar-refractivity contribution in [3.8, 4) is 16.2 Å². The summed E-state index contributed by atoms with van der Waals surface area (Å²) in [6.45, 7) is 14.5. The van der Waals surface area contributed by atoms with Crippen LogP contribution in [0.5, 0.6) is 5.75 Å². The zero-order valence-electron chi connectivity index (χ0n) is 26.1. The summed E-state index contributed by atoms with van der Waals surface area (Å²) in [7, 11) is 1.40. The first-order chi connectivity index (χ1) is 19.6. The van der Waals surface area contributed by atoms with E-state index in [1.165, 1.54) is 7.11 Å². The topological polar surface area (TPSA) is 113 Å². The molecule has 1 saturated heterocycles. The molecule has 9 nitrogen and oxygen atoms in total. The predicted octanol–water partition coefficient (Wildman–Crippen LogP) is 5.38. The van der Waals surface area contributed by atoms with Gasteiger partial charge in [-0.2, -0.15) is 0 Å². The monoisotopic (exact) mass is 864 g/mol. The van der Waals surface area contributed by atoms with E-state index in [0.29, 0.717) is 45.7 Å². The van der Waals surface area contributed by atoms with Crippen LogP contribution in [0.3, 0.4) is 0 Å². The minimum atomic E-state index is -1.36. The standard InChI is InChI=1S/C29H41FN4O3S.CH5NO.W.Y/c1-6-36-15-13-31-18-37-23-16-21(25-20(2)33-19-38-25)9-10-22(23)17-32-24-8-7-14-34(24)27(35)26(28(3,4)5)29(30)11-12-29;1-3-2;;/h9-10,16,19,24,26,32H,1,6-8,11-15,17-18H2,2-5H3;2H2,1H3;;/q-2;;;. The van der Waals surface area contributed by atoms with Crippen LogP contribution in [0.25, 0.3) is 15.8 Å². The number of thiazole rings is 1. The molecule has 2 atom stereocenters. The fourth-order valence-corrected chi connectivity index (χ4v) is 6.18. The van der Waals surface area contributed by atoms with Gasteiger partial charge < -0.3 is 31.5 Å². The molecule has 1 aliphatic carbocycles. The second-order valence-electron chi connectivity index (χ2n) is 11.6. The van der Waals surface area contributed by atoms with E-state index in [1.807, 2.05) is 44.2 Å². The third-order valence-electron chi connectivity index (χ3n) is 7.35. The van der Waals surface area contributed by atoms with Crippen molar-refractivity contribution in [2.45, 2.75) is 71.8 Å². The fraction of sp³-hybridized carbons (Fsp3) is 0.633. The number of aryl methyl sites for hydroxylation is 1. The summed E-state index contributed by atoms with van der Waals surface area (Å²) in [5.41, 5.74) is 3.07. The molecule has 2 unspecified atom stereocenters. The molecule has 1 aliphatic heterocycles. The van der Waals surface area contributed by atoms with Crippen LogP contribution < -0.4 is 16.0 Å². The smallest absolute Gasteiger partial charge is 0.230 e. The Morgan fingerprint density at radius 1 is 1.37 bits per heavy atom. The molecule has 0 spiro atoms. The molecule has 2 heterocycles. The van der Waals surface area contributed by atoms with E-state index in [9.17, 15) is 4.79 Å². The zero-order valence-corrected chi connectivity index (χ0v) is 32.7. The minimum absolute atomic E-state index is 0. The Bertz CT molecular complexity index is 1110. The summed E-state index contributed by atoms with van der Waals surface area (Å²) in [5.74, 6) is 4.41. The first kappa shape index (κ1) is 40.7. The molecule has 13 heteroatoms. The summed E-state index contributed by atoms with van der Waals surface area (Å²) in [6.07, 6.45) is 2.57. The molecule has 2 fully saturated rings. The van der Waals surface area contributed by atoms with Crippen LogP contribution in [-0.4, -0.2) is 67.8 Å². The van der Waals surface area contributed by atoms with Gasteiger partial charge in [0.1, 0.15) is 11.4 Å². The van der Waals surface area contributed by atoms with Gasteiger partial charge in [-0.25, -0.2) is 15.3 Å². The van der Waals surface area contributed by atoms with Crippen molar-refractivity contribution in [2.75, 3.05) is 40.1 Å². The quantitative estimate of drug-likeness (QED) is 0.158. The average Bonchev–Trinajstić information content (AvgIpc) is 3.27. The summed E-state index contributed by atoms with van der Waals surface area (Å²) >= 11 is 1.60. The van der Waals surface area contributed by atoms with E-state index in [1.54, 1.807) is 11.3 Å². The molecule has 2 aliphatic rings. The molecule has 1 saturated carbocycles. The van der Waals surface area contributed by atoms with Gasteiger partial charge >= 0.3 is 0 Å². The number of alkyl halides is 1. The number of nitrogens with one attached hydrogen (secondary N) is 1. The second-order valence-corrected chi connectivity index (χ2v) is 12.4. The van der Waals surface area contributed by atoms with E-state index >= 15 is 4.39 Å². The van der Waals surface area contributed by atoms with Crippen LogP contribution in [-0.2, 0) is 74.7 Å². The van der Waals surface area contributed by atoms with E-state index in [4.69, 9.17) is 9.47 Å². The number of aromatic nitrogens is 1. The van der Waals surface area contributed by atoms with Crippen molar-refractivity contribution in [1.29, 1.82) is 0 Å². The van der Waals surface area contributed by atoms with Crippen molar-refractivity contribution in [3.05, 3.63) is 47.2 Å². The van der Waals surface area contributed by atoms with E-state index in [0.717, 1.165) is 40.3 Å². The van der Waals surface area contributed by atoms with Crippen LogP contribution in [0.15, 0.2) is 23.7 Å². The first-order valence-electron chi connectivity index (χ1n) is 14.2. The maximum atomic E-state index is 15.3. The minimum Gasteiger partial charge on any atom is -0.627 e. The van der Waals surface area contributed by atoms with Crippen molar-refractivity contribution in [3.63, 3.8) is 0 Å². The Morgan fingerprint density at radius 3 is 2.65 bits per heavy atom. The molecule has 43 heavy (non-hydrogen) atoms. The maximum Gasteiger partial charge on any atom is 0.230 e. The third-order valence-corrected chi connectivity index (χ3v) is 8.32. The number of carbonyl (C=O) groups is 1. The van der Waals surface area contributed by atoms with Gasteiger partial charge in [-0.3, -0.25) is 10.1 Å². The molecule has 1 radical (unpaired) electrons. The van der Waals surface area contributed by atoms with Gasteiger partial charge in [-0.1, -0.05) is 39.5 Å². The second kappa shape index (κ2) is 19.3. The Morgan fingerprint density at radius 2 is 2.07 bits per heavy atom. The van der Waals surface area contributed by atoms with Crippen LogP contribution in [0.2, 0.25) is 0 Å². The number of carbonyl (C=O) groups excluding carboxylic acids is 1. The number of nitrogens with two attached hydrogens (primary N) is 1. The Balaban J connectivity index is 0.00000177. The molecule has 239 valence electrons. The van der Waals surface area contributed by atoms with E-state index in [2.05, 4.69) is 45.4 Å². The number of hydrogen-bond donors (Lipinski definition) is 2. The molecule has 1 aromatic heterocycles. The summed E-state index contributed by atoms with van der Waals surface area (Å²) in [6, 6.07) is 6.17. The number of ether oxygens (including phenoxy) is 2. The molecule has 2 aromatic rings. The van der Waals surface area contributed by atoms with Crippen molar-refractivity contribution in [1.82, 2.24) is 15.2 Å². The molecule has 3 N–H and O–H groups in total. The number of hydrogen-bond acceptors (Lipinski definition) is 8. The van der Waals surface area contributed by atoms with Crippen molar-refractivity contribution < 1.29 is 77.3 Å². The largest absolute Gasteiger partial charge is 0.627 e. The summed E-state index contributed by atoms with van der Waals surface area (Å²) < 4.78 is 26.6. The Kier molecular flexibility index (Phi) is 18.3. The molecule has 1 amide bonds. The van der Waals surface area contributed by atoms with Crippen molar-refractivity contribution in [2.24, 2.45) is 17.2 Å². The Hall–Kier alpha value is -0.358. The van der Waals surface area contributed by atoms with Gasteiger partial charge in [0, 0.05) is 85.8 Å². The van der Waals surface area contributed by atoms with Crippen LogP contribution in [0.4, 0.5) is 4.39 Å². The number of halogens is 1. The van der Waals surface area contributed by atoms with Gasteiger partial charge in [0.25, 0.3) is 0 Å². The van der Waals surface area contributed by atoms with Gasteiger partial charge in [0.2, 0.25) is 5.91 Å². The van der Waals surface area contributed by atoms with E-state index < -0.39 is 17.0 Å². The number of rotatable bonds is 13. The number of benzene rings is 1. The first-order valence-corrected chi connectivity index (χ1v) is 15.1. The molecule has 1 aromatic carbocycles. The zero-order chi connectivity index (χ0) is 30.0. The third kappa shape index (κ3) is 11.7. The van der Waals surface area contributed by atoms with Crippen molar-refractivity contribution >= 4 is 17.2 Å². The van der Waals surface area contributed by atoms with Gasteiger partial charge in [0.15, 0.2) is 0 Å². The van der Waals surface area contributed by atoms with Crippen LogP contribution in [0.1, 0.15) is 57.7 Å². The van der Waals surface area contributed by atoms with Gasteiger partial charge in [0.05, 0.1) is 35.3 Å². The van der Waals surface area contributed by atoms with E-state index in [-0.39, 0.29) is 72.6 Å². The predicted molar refractivity (Wildman–Crippen MR) is 161 cm³/mol. The fourth-order valence-electron chi connectivity index (χ4n) is 5.38.